The molecule has 2 heterocycles. The molecule has 1 aromatic rings. The van der Waals surface area contributed by atoms with Gasteiger partial charge < -0.3 is 19.9 Å². The number of hydrogen-bond acceptors (Lipinski definition) is 7. The second-order valence-corrected chi connectivity index (χ2v) is 9.53. The fourth-order valence-corrected chi connectivity index (χ4v) is 4.34. The number of carbonyl (C=O) groups is 2. The van der Waals surface area contributed by atoms with Crippen molar-refractivity contribution < 1.29 is 24.2 Å². The number of rotatable bonds is 8. The Hall–Kier alpha value is -2.26. The van der Waals surface area contributed by atoms with E-state index in [1.54, 1.807) is 45.0 Å². The number of hydrogen-bond donors (Lipinski definition) is 2. The summed E-state index contributed by atoms with van der Waals surface area (Å²) in [5.41, 5.74) is 0.152. The summed E-state index contributed by atoms with van der Waals surface area (Å²) >= 11 is 1.59. The average Bonchev–Trinajstić information content (AvgIpc) is 3.15. The molecule has 2 N–H and O–H groups in total. The Morgan fingerprint density at radius 1 is 1.34 bits per heavy atom. The number of carbonyl (C=O) groups excluding carboxylic acids is 1. The molecule has 3 rings (SSSR count). The summed E-state index contributed by atoms with van der Waals surface area (Å²) in [5, 5.41) is 11.7. The molecular weight excluding hydrogens is 394 g/mol. The van der Waals surface area contributed by atoms with Crippen molar-refractivity contribution in [1.29, 1.82) is 0 Å². The van der Waals surface area contributed by atoms with Gasteiger partial charge in [0.1, 0.15) is 12.2 Å². The highest BCUT2D eigenvalue weighted by Crippen LogP contribution is 2.53. The lowest BCUT2D eigenvalue weighted by molar-refractivity contribution is -0.139. The Balaban J connectivity index is 1.35. The topological polar surface area (TPSA) is 101 Å². The Morgan fingerprint density at radius 3 is 2.59 bits per heavy atom. The van der Waals surface area contributed by atoms with E-state index in [1.807, 2.05) is 6.07 Å². The van der Waals surface area contributed by atoms with Gasteiger partial charge in [-0.25, -0.2) is 14.1 Å². The minimum atomic E-state index is -0.671. The molecular formula is C20H27N3O5S. The molecule has 1 aliphatic carbocycles. The molecule has 0 unspecified atom stereocenters. The Bertz CT molecular complexity index is 765. The third-order valence-corrected chi connectivity index (χ3v) is 5.70. The Labute approximate surface area is 174 Å². The Kier molecular flexibility index (Phi) is 6.38. The molecule has 29 heavy (non-hydrogen) atoms. The summed E-state index contributed by atoms with van der Waals surface area (Å²) in [7, 11) is 0. The quantitative estimate of drug-likeness (QED) is 0.488. The third kappa shape index (κ3) is 6.11. The zero-order valence-electron chi connectivity index (χ0n) is 16.9. The van der Waals surface area contributed by atoms with Crippen LogP contribution in [0.2, 0.25) is 0 Å². The maximum atomic E-state index is 11.6. The predicted molar refractivity (Wildman–Crippen MR) is 109 cm³/mol. The zero-order chi connectivity index (χ0) is 21.2. The van der Waals surface area contributed by atoms with Gasteiger partial charge in [-0.05, 0) is 56.2 Å². The molecule has 1 aromatic heterocycles. The summed E-state index contributed by atoms with van der Waals surface area (Å²) in [5.74, 6) is 0.226. The molecule has 2 fully saturated rings. The van der Waals surface area contributed by atoms with E-state index in [0.29, 0.717) is 11.5 Å². The average molecular weight is 422 g/mol. The lowest BCUT2D eigenvalue weighted by Gasteiger charge is -2.20. The van der Waals surface area contributed by atoms with Crippen molar-refractivity contribution in [2.24, 2.45) is 17.8 Å². The first-order valence-electron chi connectivity index (χ1n) is 9.50. The van der Waals surface area contributed by atoms with E-state index in [1.165, 1.54) is 0 Å². The molecule has 3 atom stereocenters. The van der Waals surface area contributed by atoms with Crippen molar-refractivity contribution in [3.63, 3.8) is 0 Å². The van der Waals surface area contributed by atoms with Crippen LogP contribution in [-0.2, 0) is 9.53 Å². The number of aromatic nitrogens is 1. The normalized spacial score (nSPS) is 23.2. The lowest BCUT2D eigenvalue weighted by Crippen LogP contribution is -2.34. The van der Waals surface area contributed by atoms with Gasteiger partial charge in [-0.3, -0.25) is 4.79 Å². The molecule has 1 saturated heterocycles. The van der Waals surface area contributed by atoms with Gasteiger partial charge in [0.25, 0.3) is 0 Å². The Morgan fingerprint density at radius 2 is 2.03 bits per heavy atom. The van der Waals surface area contributed by atoms with E-state index >= 15 is 0 Å². The maximum Gasteiger partial charge on any atom is 0.407 e. The van der Waals surface area contributed by atoms with Crippen LogP contribution >= 0.6 is 11.9 Å². The van der Waals surface area contributed by atoms with E-state index in [2.05, 4.69) is 21.2 Å². The van der Waals surface area contributed by atoms with Crippen LogP contribution in [-0.4, -0.2) is 58.3 Å². The summed E-state index contributed by atoms with van der Waals surface area (Å²) in [6.07, 6.45) is 1.24. The van der Waals surface area contributed by atoms with Crippen molar-refractivity contribution in [1.82, 2.24) is 14.6 Å². The molecule has 1 aliphatic heterocycles. The number of alkyl carbamates (subject to hydrolysis) is 1. The van der Waals surface area contributed by atoms with Gasteiger partial charge in [0.15, 0.2) is 0 Å². The number of amides is 1. The number of carboxylic acids is 1. The van der Waals surface area contributed by atoms with Crippen molar-refractivity contribution >= 4 is 24.0 Å². The second kappa shape index (κ2) is 8.62. The number of fused-ring (bicyclic) bond motifs is 1. The standard InChI is InChI=1S/C20H27N3O5S/c1-12(7-22-19(26)28-20(2,3)4)11-27-16-6-5-13(8-21-16)29-23-9-14-15(10-23)17(14)18(24)25/h5-6,8,14-15,17H,1,7,9-11H2,2-4H3,(H,22,26)(H,24,25)/t14-,15+,17+. The SMILES string of the molecule is C=C(CNC(=O)OC(C)(C)C)COc1ccc(SN2C[C@@H]3[C@H](C2)[C@H]3C(=O)O)cn1. The summed E-state index contributed by atoms with van der Waals surface area (Å²) in [6, 6.07) is 3.71. The van der Waals surface area contributed by atoms with Gasteiger partial charge in [0.05, 0.1) is 5.92 Å². The first kappa shape index (κ1) is 21.4. The number of nitrogens with zero attached hydrogens (tertiary/aromatic N) is 2. The number of piperidine rings is 1. The van der Waals surface area contributed by atoms with Crippen molar-refractivity contribution in [2.45, 2.75) is 31.3 Å². The number of ether oxygens (including phenoxy) is 2. The van der Waals surface area contributed by atoms with Crippen LogP contribution in [0.1, 0.15) is 20.8 Å². The van der Waals surface area contributed by atoms with Gasteiger partial charge >= 0.3 is 12.1 Å². The molecule has 0 aromatic carbocycles. The highest BCUT2D eigenvalue weighted by molar-refractivity contribution is 7.97. The number of nitrogens with one attached hydrogen (secondary N) is 1. The minimum absolute atomic E-state index is 0.154. The van der Waals surface area contributed by atoms with Crippen molar-refractivity contribution in [3.05, 3.63) is 30.5 Å². The zero-order valence-corrected chi connectivity index (χ0v) is 17.7. The molecule has 0 radical (unpaired) electrons. The number of aliphatic carboxylic acids is 1. The van der Waals surface area contributed by atoms with Crippen LogP contribution in [0.25, 0.3) is 0 Å². The van der Waals surface area contributed by atoms with Gasteiger partial charge in [-0.15, -0.1) is 0 Å². The van der Waals surface area contributed by atoms with Gasteiger partial charge in [0.2, 0.25) is 5.88 Å². The van der Waals surface area contributed by atoms with Crippen LogP contribution in [0.5, 0.6) is 5.88 Å². The summed E-state index contributed by atoms with van der Waals surface area (Å²) in [4.78, 5) is 27.9. The first-order chi connectivity index (χ1) is 13.6. The largest absolute Gasteiger partial charge is 0.481 e. The highest BCUT2D eigenvalue weighted by atomic mass is 32.2. The molecule has 8 nitrogen and oxygen atoms in total. The molecule has 158 valence electrons. The van der Waals surface area contributed by atoms with E-state index in [4.69, 9.17) is 14.6 Å². The van der Waals surface area contributed by atoms with E-state index in [0.717, 1.165) is 18.0 Å². The van der Waals surface area contributed by atoms with E-state index in [9.17, 15) is 9.59 Å². The van der Waals surface area contributed by atoms with Gasteiger partial charge in [-0.1, -0.05) is 6.58 Å². The molecule has 1 amide bonds. The first-order valence-corrected chi connectivity index (χ1v) is 10.3. The minimum Gasteiger partial charge on any atom is -0.481 e. The fourth-order valence-electron chi connectivity index (χ4n) is 3.32. The lowest BCUT2D eigenvalue weighted by atomic mass is 10.2. The maximum absolute atomic E-state index is 11.6. The van der Waals surface area contributed by atoms with Crippen LogP contribution in [0.4, 0.5) is 4.79 Å². The number of carboxylic acid groups (broad SMARTS) is 1. The molecule has 9 heteroatoms. The van der Waals surface area contributed by atoms with E-state index in [-0.39, 0.29) is 30.9 Å². The van der Waals surface area contributed by atoms with Crippen LogP contribution in [0.15, 0.2) is 35.4 Å². The number of pyridine rings is 1. The van der Waals surface area contributed by atoms with E-state index < -0.39 is 17.7 Å². The van der Waals surface area contributed by atoms with Crippen molar-refractivity contribution in [2.75, 3.05) is 26.2 Å². The monoisotopic (exact) mass is 421 g/mol. The van der Waals surface area contributed by atoms with Gasteiger partial charge in [0, 0.05) is 36.8 Å². The van der Waals surface area contributed by atoms with Crippen molar-refractivity contribution in [3.8, 4) is 5.88 Å². The van der Waals surface area contributed by atoms with Crippen LogP contribution in [0.3, 0.4) is 0 Å². The van der Waals surface area contributed by atoms with Crippen LogP contribution < -0.4 is 10.1 Å². The highest BCUT2D eigenvalue weighted by Gasteiger charge is 2.59. The molecule has 0 spiro atoms. The van der Waals surface area contributed by atoms with Crippen LogP contribution in [0, 0.1) is 17.8 Å². The smallest absolute Gasteiger partial charge is 0.407 e. The summed E-state index contributed by atoms with van der Waals surface area (Å²) < 4.78 is 13.0. The molecule has 1 saturated carbocycles. The summed E-state index contributed by atoms with van der Waals surface area (Å²) in [6.45, 7) is 11.4. The molecule has 2 aliphatic rings. The molecule has 0 bridgehead atoms. The predicted octanol–water partition coefficient (Wildman–Crippen LogP) is 2.81. The second-order valence-electron chi connectivity index (χ2n) is 8.36. The third-order valence-electron chi connectivity index (χ3n) is 4.70. The van der Waals surface area contributed by atoms with Gasteiger partial charge in [-0.2, -0.15) is 0 Å². The fraction of sp³-hybridized carbons (Fsp3) is 0.550.